The van der Waals surface area contributed by atoms with Gasteiger partial charge >= 0.3 is 0 Å². The van der Waals surface area contributed by atoms with E-state index in [1.807, 2.05) is 19.1 Å². The van der Waals surface area contributed by atoms with Crippen molar-refractivity contribution in [1.29, 1.82) is 0 Å². The summed E-state index contributed by atoms with van der Waals surface area (Å²) in [5.41, 5.74) is 2.96. The van der Waals surface area contributed by atoms with Crippen LogP contribution in [0, 0.1) is 12.7 Å². The fraction of sp³-hybridized carbons (Fsp3) is 0.462. The Kier molecular flexibility index (Phi) is 6.88. The molecule has 1 aliphatic heterocycles. The molecule has 2 fully saturated rings. The average Bonchev–Trinajstić information content (AvgIpc) is 3.27. The molecule has 35 heavy (non-hydrogen) atoms. The Morgan fingerprint density at radius 3 is 2.54 bits per heavy atom. The zero-order chi connectivity index (χ0) is 24.4. The van der Waals surface area contributed by atoms with Crippen molar-refractivity contribution < 1.29 is 18.1 Å². The van der Waals surface area contributed by atoms with E-state index >= 15 is 0 Å². The topological polar surface area (TPSA) is 85.7 Å². The number of aromatic nitrogens is 2. The Bertz CT molecular complexity index is 1340. The number of nitrogens with one attached hydrogen (secondary N) is 1. The Morgan fingerprint density at radius 1 is 1.06 bits per heavy atom. The molecule has 2 aromatic carbocycles. The van der Waals surface area contributed by atoms with Gasteiger partial charge in [-0.2, -0.15) is 4.36 Å². The number of hydrogen-bond donors (Lipinski definition) is 1. The first-order chi connectivity index (χ1) is 16.9. The van der Waals surface area contributed by atoms with Gasteiger partial charge in [-0.15, -0.1) is 0 Å². The van der Waals surface area contributed by atoms with Crippen LogP contribution < -0.4 is 10.1 Å². The summed E-state index contributed by atoms with van der Waals surface area (Å²) < 4.78 is 43.3. The molecule has 0 amide bonds. The second-order valence-electron chi connectivity index (χ2n) is 9.38. The van der Waals surface area contributed by atoms with E-state index in [2.05, 4.69) is 19.6 Å². The molecule has 1 saturated carbocycles. The molecule has 9 heteroatoms. The molecule has 0 bridgehead atoms. The van der Waals surface area contributed by atoms with Gasteiger partial charge in [0, 0.05) is 30.1 Å². The van der Waals surface area contributed by atoms with E-state index in [1.54, 1.807) is 13.2 Å². The second-order valence-corrected chi connectivity index (χ2v) is 11.9. The molecule has 186 valence electrons. The van der Waals surface area contributed by atoms with Crippen molar-refractivity contribution in [3.05, 3.63) is 48.0 Å². The van der Waals surface area contributed by atoms with E-state index in [0.29, 0.717) is 40.0 Å². The van der Waals surface area contributed by atoms with Crippen LogP contribution in [-0.2, 0) is 14.5 Å². The lowest BCUT2D eigenvalue weighted by Gasteiger charge is -2.28. The summed E-state index contributed by atoms with van der Waals surface area (Å²) in [4.78, 5) is 8.91. The first kappa shape index (κ1) is 23.9. The number of nitrogens with zero attached hydrogens (tertiary/aromatic N) is 3. The lowest BCUT2D eigenvalue weighted by molar-refractivity contribution is 0.0329. The van der Waals surface area contributed by atoms with Crippen LogP contribution in [0.15, 0.2) is 41.0 Å². The lowest BCUT2D eigenvalue weighted by Crippen LogP contribution is -2.27. The van der Waals surface area contributed by atoms with E-state index in [4.69, 9.17) is 9.47 Å². The number of aryl methyl sites for hydroxylation is 1. The Hall–Kier alpha value is -2.78. The number of ether oxygens (including phenoxy) is 2. The molecule has 2 aliphatic rings. The highest BCUT2D eigenvalue weighted by atomic mass is 32.2. The third-order valence-electron chi connectivity index (χ3n) is 6.81. The van der Waals surface area contributed by atoms with Crippen molar-refractivity contribution in [3.8, 4) is 5.75 Å². The lowest BCUT2D eigenvalue weighted by atomic mass is 9.95. The van der Waals surface area contributed by atoms with Crippen LogP contribution in [0.4, 0.5) is 21.6 Å². The average molecular weight is 499 g/mol. The number of anilines is 2. The van der Waals surface area contributed by atoms with Crippen molar-refractivity contribution in [3.63, 3.8) is 0 Å². The third-order valence-corrected chi connectivity index (χ3v) is 9.21. The maximum Gasteiger partial charge on any atom is 0.146 e. The number of rotatable bonds is 6. The van der Waals surface area contributed by atoms with Gasteiger partial charge in [-0.1, -0.05) is 0 Å². The van der Waals surface area contributed by atoms with Crippen LogP contribution >= 0.6 is 0 Å². The zero-order valence-corrected chi connectivity index (χ0v) is 20.9. The summed E-state index contributed by atoms with van der Waals surface area (Å²) in [6.45, 7) is 1.97. The molecule has 1 saturated heterocycles. The first-order valence-corrected chi connectivity index (χ1v) is 14.0. The molecule has 0 radical (unpaired) electrons. The van der Waals surface area contributed by atoms with Crippen LogP contribution in [0.5, 0.6) is 5.75 Å². The quantitative estimate of drug-likeness (QED) is 0.445. The predicted octanol–water partition coefficient (Wildman–Crippen LogP) is 6.05. The summed E-state index contributed by atoms with van der Waals surface area (Å²) in [5, 5.41) is 4.18. The van der Waals surface area contributed by atoms with Crippen molar-refractivity contribution in [2.75, 3.05) is 23.9 Å². The Balaban J connectivity index is 1.44. The molecule has 5 rings (SSSR count). The zero-order valence-electron chi connectivity index (χ0n) is 20.1. The minimum Gasteiger partial charge on any atom is -0.488 e. The molecule has 1 aliphatic carbocycles. The fourth-order valence-electron chi connectivity index (χ4n) is 4.95. The first-order valence-electron chi connectivity index (χ1n) is 12.2. The van der Waals surface area contributed by atoms with E-state index in [9.17, 15) is 8.60 Å². The van der Waals surface area contributed by atoms with Gasteiger partial charge in [0.1, 0.15) is 23.7 Å². The summed E-state index contributed by atoms with van der Waals surface area (Å²) in [5.74, 6) is 2.01. The van der Waals surface area contributed by atoms with Crippen LogP contribution in [-0.4, -0.2) is 45.0 Å². The standard InChI is InChI=1S/C26H31FN4O3S/c1-17-13-19(31-35(32)11-3-4-12-35)15-23-25(17)26(29-16-28-23)30-22-10-5-18(27)14-24(22)34-21-8-6-20(33-2)7-9-21/h5,10,13-16,20-21H,3-4,6-9,11-12H2,1-2H3,(H,28,29,30). The monoisotopic (exact) mass is 498 g/mol. The van der Waals surface area contributed by atoms with Crippen molar-refractivity contribution in [2.45, 2.75) is 57.7 Å². The molecule has 0 spiro atoms. The molecule has 1 aromatic heterocycles. The molecule has 0 unspecified atom stereocenters. The maximum absolute atomic E-state index is 14.1. The Morgan fingerprint density at radius 2 is 1.80 bits per heavy atom. The third kappa shape index (κ3) is 5.41. The van der Waals surface area contributed by atoms with Gasteiger partial charge in [0.15, 0.2) is 0 Å². The van der Waals surface area contributed by atoms with Crippen LogP contribution in [0.1, 0.15) is 44.1 Å². The summed E-state index contributed by atoms with van der Waals surface area (Å²) in [6.07, 6.45) is 7.25. The van der Waals surface area contributed by atoms with E-state index < -0.39 is 9.73 Å². The molecule has 2 heterocycles. The largest absolute Gasteiger partial charge is 0.488 e. The van der Waals surface area contributed by atoms with Gasteiger partial charge in [0.05, 0.1) is 38.8 Å². The minimum atomic E-state index is -2.17. The minimum absolute atomic E-state index is 0.00861. The van der Waals surface area contributed by atoms with Gasteiger partial charge < -0.3 is 14.8 Å². The highest BCUT2D eigenvalue weighted by Gasteiger charge is 2.23. The molecule has 7 nitrogen and oxygen atoms in total. The second kappa shape index (κ2) is 10.1. The summed E-state index contributed by atoms with van der Waals surface area (Å²) in [7, 11) is -0.438. The Labute approximate surface area is 205 Å². The highest BCUT2D eigenvalue weighted by Crippen LogP contribution is 2.36. The van der Waals surface area contributed by atoms with Gasteiger partial charge in [-0.25, -0.2) is 18.6 Å². The summed E-state index contributed by atoms with van der Waals surface area (Å²) >= 11 is 0. The van der Waals surface area contributed by atoms with Crippen LogP contribution in [0.25, 0.3) is 10.9 Å². The number of methoxy groups -OCH3 is 1. The maximum atomic E-state index is 14.1. The predicted molar refractivity (Wildman–Crippen MR) is 137 cm³/mol. The number of fused-ring (bicyclic) bond motifs is 1. The van der Waals surface area contributed by atoms with Crippen molar-refractivity contribution in [2.24, 2.45) is 4.36 Å². The van der Waals surface area contributed by atoms with Crippen LogP contribution in [0.2, 0.25) is 0 Å². The highest BCUT2D eigenvalue weighted by molar-refractivity contribution is 7.93. The van der Waals surface area contributed by atoms with E-state index in [1.165, 1.54) is 18.5 Å². The van der Waals surface area contributed by atoms with Gasteiger partial charge in [0.2, 0.25) is 0 Å². The molecule has 0 atom stereocenters. The summed E-state index contributed by atoms with van der Waals surface area (Å²) in [6, 6.07) is 8.27. The molecular formula is C26H31FN4O3S. The van der Waals surface area contributed by atoms with Gasteiger partial charge in [-0.3, -0.25) is 0 Å². The molecule has 1 N–H and O–H groups in total. The van der Waals surface area contributed by atoms with E-state index in [0.717, 1.165) is 49.5 Å². The number of benzene rings is 2. The van der Waals surface area contributed by atoms with Crippen LogP contribution in [0.3, 0.4) is 0 Å². The number of hydrogen-bond acceptors (Lipinski definition) is 7. The number of halogens is 1. The molecule has 3 aromatic rings. The van der Waals surface area contributed by atoms with Crippen molar-refractivity contribution in [1.82, 2.24) is 9.97 Å². The van der Waals surface area contributed by atoms with Gasteiger partial charge in [0.25, 0.3) is 0 Å². The smallest absolute Gasteiger partial charge is 0.146 e. The molecular weight excluding hydrogens is 467 g/mol. The van der Waals surface area contributed by atoms with Gasteiger partial charge in [-0.05, 0) is 75.3 Å². The van der Waals surface area contributed by atoms with Crippen molar-refractivity contribution >= 4 is 37.8 Å². The SMILES string of the molecule is COC1CCC(Oc2cc(F)ccc2Nc2ncnc3cc(N=S4(=O)CCCC4)cc(C)c23)CC1. The fourth-order valence-corrected chi connectivity index (χ4v) is 7.14. The normalized spacial score (nSPS) is 21.7. The van der Waals surface area contributed by atoms with E-state index in [-0.39, 0.29) is 18.0 Å².